The normalized spacial score (nSPS) is 16.8. The molecule has 0 aliphatic carbocycles. The molecule has 2 amide bonds. The van der Waals surface area contributed by atoms with Crippen LogP contribution in [0.2, 0.25) is 0 Å². The average Bonchev–Trinajstić information content (AvgIpc) is 3.33. The summed E-state index contributed by atoms with van der Waals surface area (Å²) >= 11 is 0. The Hall–Kier alpha value is -3.69. The van der Waals surface area contributed by atoms with E-state index in [1.165, 1.54) is 6.08 Å². The number of ether oxygens (including phenoxy) is 1. The van der Waals surface area contributed by atoms with Gasteiger partial charge in [0.05, 0.1) is 11.4 Å². The molecule has 1 fully saturated rings. The van der Waals surface area contributed by atoms with Crippen LogP contribution >= 0.6 is 0 Å². The van der Waals surface area contributed by atoms with Gasteiger partial charge in [0.2, 0.25) is 5.91 Å². The number of para-hydroxylation sites is 2. The van der Waals surface area contributed by atoms with E-state index in [0.717, 1.165) is 38.2 Å². The number of likely N-dealkylation sites (N-methyl/N-ethyl adjacent to an activating group) is 1. The predicted molar refractivity (Wildman–Crippen MR) is 154 cm³/mol. The van der Waals surface area contributed by atoms with Gasteiger partial charge in [-0.1, -0.05) is 50.2 Å². The van der Waals surface area contributed by atoms with Gasteiger partial charge in [-0.05, 0) is 69.6 Å². The van der Waals surface area contributed by atoms with Crippen molar-refractivity contribution in [3.63, 3.8) is 0 Å². The number of benzene rings is 2. The maximum atomic E-state index is 12.6. The zero-order chi connectivity index (χ0) is 28.6. The fourth-order valence-corrected chi connectivity index (χ4v) is 4.80. The molecule has 2 aromatic carbocycles. The molecule has 0 saturated carbocycles. The molecule has 1 heterocycles. The van der Waals surface area contributed by atoms with E-state index < -0.39 is 23.7 Å². The van der Waals surface area contributed by atoms with Gasteiger partial charge in [-0.25, -0.2) is 4.79 Å². The van der Waals surface area contributed by atoms with Crippen molar-refractivity contribution in [2.24, 2.45) is 0 Å². The minimum atomic E-state index is -0.864. The Bertz CT molecular complexity index is 1170. The van der Waals surface area contributed by atoms with E-state index in [-0.39, 0.29) is 5.91 Å². The zero-order valence-corrected chi connectivity index (χ0v) is 23.4. The summed E-state index contributed by atoms with van der Waals surface area (Å²) in [6.07, 6.45) is 3.39. The molecule has 0 aromatic heterocycles. The second-order valence-electron chi connectivity index (χ2n) is 10.6. The molecule has 1 saturated heterocycles. The molecule has 2 aromatic rings. The minimum absolute atomic E-state index is 0.368. The van der Waals surface area contributed by atoms with Crippen LogP contribution in [0, 0.1) is 0 Å². The molecule has 0 spiro atoms. The van der Waals surface area contributed by atoms with Crippen molar-refractivity contribution in [2.45, 2.75) is 58.7 Å². The molecule has 210 valence electrons. The predicted octanol–water partition coefficient (Wildman–Crippen LogP) is 5.23. The lowest BCUT2D eigenvalue weighted by atomic mass is 10.0. The summed E-state index contributed by atoms with van der Waals surface area (Å²) in [4.78, 5) is 41.3. The third-order valence-electron chi connectivity index (χ3n) is 6.62. The number of anilines is 2. The fourth-order valence-electron chi connectivity index (χ4n) is 4.80. The van der Waals surface area contributed by atoms with Crippen LogP contribution in [0.15, 0.2) is 54.6 Å². The van der Waals surface area contributed by atoms with E-state index in [1.807, 2.05) is 17.0 Å². The highest BCUT2D eigenvalue weighted by Gasteiger charge is 2.35. The number of carbonyl (C=O) groups excluding carboxylic acids is 2. The lowest BCUT2D eigenvalue weighted by molar-refractivity contribution is -0.143. The van der Waals surface area contributed by atoms with E-state index in [4.69, 9.17) is 4.74 Å². The smallest absolute Gasteiger partial charge is 0.412 e. The molecule has 3 N–H and O–H groups in total. The van der Waals surface area contributed by atoms with Crippen molar-refractivity contribution in [2.75, 3.05) is 36.8 Å². The molecule has 9 heteroatoms. The SMILES string of the molecule is CCN(CC)C1CCN(C(C(=O)O)c2ccc(C=CC(=O)Nc3ccccc3NC(=O)OC(C)(C)C)cc2)C1. The molecule has 0 radical (unpaired) electrons. The molecule has 3 rings (SSSR count). The Morgan fingerprint density at radius 1 is 1.05 bits per heavy atom. The molecule has 2 unspecified atom stereocenters. The van der Waals surface area contributed by atoms with Crippen LogP contribution in [-0.2, 0) is 14.3 Å². The Morgan fingerprint density at radius 2 is 1.67 bits per heavy atom. The first-order valence-corrected chi connectivity index (χ1v) is 13.4. The van der Waals surface area contributed by atoms with Crippen molar-refractivity contribution in [1.82, 2.24) is 9.80 Å². The highest BCUT2D eigenvalue weighted by molar-refractivity contribution is 6.05. The van der Waals surface area contributed by atoms with Gasteiger partial charge in [0.1, 0.15) is 11.6 Å². The summed E-state index contributed by atoms with van der Waals surface area (Å²) in [5, 5.41) is 15.4. The maximum absolute atomic E-state index is 12.6. The molecular formula is C30H40N4O5. The van der Waals surface area contributed by atoms with Gasteiger partial charge in [-0.3, -0.25) is 24.7 Å². The Labute approximate surface area is 230 Å². The van der Waals surface area contributed by atoms with Gasteiger partial charge < -0.3 is 15.2 Å². The summed E-state index contributed by atoms with van der Waals surface area (Å²) in [5.41, 5.74) is 1.69. The van der Waals surface area contributed by atoms with E-state index in [2.05, 4.69) is 29.4 Å². The van der Waals surface area contributed by atoms with E-state index in [9.17, 15) is 19.5 Å². The maximum Gasteiger partial charge on any atom is 0.412 e. The zero-order valence-electron chi connectivity index (χ0n) is 23.4. The summed E-state index contributed by atoms with van der Waals surface area (Å²) in [5.74, 6) is -1.24. The van der Waals surface area contributed by atoms with Crippen molar-refractivity contribution < 1.29 is 24.2 Å². The van der Waals surface area contributed by atoms with Crippen LogP contribution < -0.4 is 10.6 Å². The summed E-state index contributed by atoms with van der Waals surface area (Å²) in [6, 6.07) is 13.7. The number of nitrogens with zero attached hydrogens (tertiary/aromatic N) is 2. The molecule has 0 bridgehead atoms. The Kier molecular flexibility index (Phi) is 10.3. The van der Waals surface area contributed by atoms with Crippen LogP contribution in [0.5, 0.6) is 0 Å². The number of nitrogens with one attached hydrogen (secondary N) is 2. The van der Waals surface area contributed by atoms with Crippen LogP contribution in [0.3, 0.4) is 0 Å². The minimum Gasteiger partial charge on any atom is -0.480 e. The van der Waals surface area contributed by atoms with Crippen LogP contribution in [0.4, 0.5) is 16.2 Å². The molecule has 9 nitrogen and oxygen atoms in total. The van der Waals surface area contributed by atoms with Crippen LogP contribution in [0.1, 0.15) is 58.2 Å². The van der Waals surface area contributed by atoms with Gasteiger partial charge in [-0.2, -0.15) is 0 Å². The second kappa shape index (κ2) is 13.4. The number of amides is 2. The number of rotatable bonds is 10. The number of hydrogen-bond donors (Lipinski definition) is 3. The van der Waals surface area contributed by atoms with E-state index in [0.29, 0.717) is 23.0 Å². The fraction of sp³-hybridized carbons (Fsp3) is 0.433. The van der Waals surface area contributed by atoms with Crippen molar-refractivity contribution >= 4 is 35.4 Å². The van der Waals surface area contributed by atoms with Crippen LogP contribution in [0.25, 0.3) is 6.08 Å². The van der Waals surface area contributed by atoms with Gasteiger partial charge in [0.25, 0.3) is 0 Å². The number of carbonyl (C=O) groups is 3. The Balaban J connectivity index is 1.63. The lowest BCUT2D eigenvalue weighted by Gasteiger charge is -2.28. The van der Waals surface area contributed by atoms with Gasteiger partial charge in [0, 0.05) is 25.2 Å². The molecule has 1 aliphatic heterocycles. The summed E-state index contributed by atoms with van der Waals surface area (Å²) in [7, 11) is 0. The average molecular weight is 537 g/mol. The highest BCUT2D eigenvalue weighted by atomic mass is 16.6. The third kappa shape index (κ3) is 8.66. The molecule has 1 aliphatic rings. The molecule has 39 heavy (non-hydrogen) atoms. The number of carboxylic acids is 1. The number of carboxylic acid groups (broad SMARTS) is 1. The first kappa shape index (κ1) is 29.9. The van der Waals surface area contributed by atoms with Gasteiger partial charge in [0.15, 0.2) is 0 Å². The van der Waals surface area contributed by atoms with E-state index >= 15 is 0 Å². The third-order valence-corrected chi connectivity index (χ3v) is 6.62. The topological polar surface area (TPSA) is 111 Å². The highest BCUT2D eigenvalue weighted by Crippen LogP contribution is 2.28. The van der Waals surface area contributed by atoms with Gasteiger partial charge >= 0.3 is 12.1 Å². The van der Waals surface area contributed by atoms with Crippen molar-refractivity contribution in [3.05, 3.63) is 65.7 Å². The number of likely N-dealkylation sites (tertiary alicyclic amines) is 1. The quantitative estimate of drug-likeness (QED) is 0.357. The standard InChI is InChI=1S/C30H40N4O5/c1-6-33(7-2)23-18-19-34(20-23)27(28(36)37)22-15-12-21(13-16-22)14-17-26(35)31-24-10-8-9-11-25(24)32-29(38)39-30(3,4)5/h8-17,23,27H,6-7,18-20H2,1-5H3,(H,31,35)(H,32,38)(H,36,37). The monoisotopic (exact) mass is 536 g/mol. The number of aliphatic carboxylic acids is 1. The largest absolute Gasteiger partial charge is 0.480 e. The Morgan fingerprint density at radius 3 is 2.23 bits per heavy atom. The number of hydrogen-bond acceptors (Lipinski definition) is 6. The van der Waals surface area contributed by atoms with Crippen molar-refractivity contribution in [3.8, 4) is 0 Å². The van der Waals surface area contributed by atoms with Crippen LogP contribution in [-0.4, -0.2) is 70.7 Å². The van der Waals surface area contributed by atoms with Gasteiger partial charge in [-0.15, -0.1) is 0 Å². The first-order chi connectivity index (χ1) is 18.5. The second-order valence-corrected chi connectivity index (χ2v) is 10.6. The molecule has 2 atom stereocenters. The van der Waals surface area contributed by atoms with E-state index in [1.54, 1.807) is 63.2 Å². The summed E-state index contributed by atoms with van der Waals surface area (Å²) in [6.45, 7) is 13.0. The molecular weight excluding hydrogens is 496 g/mol. The first-order valence-electron chi connectivity index (χ1n) is 13.4. The summed E-state index contributed by atoms with van der Waals surface area (Å²) < 4.78 is 5.29. The van der Waals surface area contributed by atoms with Crippen molar-refractivity contribution in [1.29, 1.82) is 0 Å². The lowest BCUT2D eigenvalue weighted by Crippen LogP contribution is -2.39.